The fourth-order valence-electron chi connectivity index (χ4n) is 1.97. The molecule has 0 bridgehead atoms. The second-order valence-electron chi connectivity index (χ2n) is 3.24. The van der Waals surface area contributed by atoms with Gasteiger partial charge in [0.1, 0.15) is 0 Å². The minimum Gasteiger partial charge on any atom is -0.301 e. The van der Waals surface area contributed by atoms with Gasteiger partial charge < -0.3 is 5.32 Å². The van der Waals surface area contributed by atoms with E-state index in [4.69, 9.17) is 5.26 Å². The maximum absolute atomic E-state index is 8.37. The highest BCUT2D eigenvalue weighted by Crippen LogP contribution is 2.27. The fourth-order valence-corrected chi connectivity index (χ4v) is 1.97. The van der Waals surface area contributed by atoms with E-state index in [1.54, 1.807) is 0 Å². The van der Waals surface area contributed by atoms with Crippen molar-refractivity contribution in [2.45, 2.75) is 38.6 Å². The summed E-state index contributed by atoms with van der Waals surface area (Å²) in [5.41, 5.74) is 0. The third kappa shape index (κ3) is 2.20. The molecular weight excluding hydrogens is 136 g/mol. The first kappa shape index (κ1) is 8.55. The van der Waals surface area contributed by atoms with Gasteiger partial charge in [0.2, 0.25) is 0 Å². The molecule has 1 saturated carbocycles. The molecule has 2 atom stereocenters. The van der Waals surface area contributed by atoms with Crippen molar-refractivity contribution in [1.29, 1.82) is 5.26 Å². The maximum Gasteiger partial charge on any atom is 0.0843 e. The average molecular weight is 152 g/mol. The lowest BCUT2D eigenvalue weighted by Gasteiger charge is -2.17. The van der Waals surface area contributed by atoms with Gasteiger partial charge in [0.15, 0.2) is 0 Å². The van der Waals surface area contributed by atoms with Gasteiger partial charge in [-0.1, -0.05) is 19.8 Å². The minimum absolute atomic E-state index is 0.515. The van der Waals surface area contributed by atoms with Gasteiger partial charge in [0.25, 0.3) is 0 Å². The minimum atomic E-state index is 0.515. The molecule has 11 heavy (non-hydrogen) atoms. The van der Waals surface area contributed by atoms with Crippen molar-refractivity contribution in [3.8, 4) is 6.07 Å². The van der Waals surface area contributed by atoms with Crippen LogP contribution in [0.2, 0.25) is 0 Å². The molecule has 1 rings (SSSR count). The number of rotatable bonds is 3. The van der Waals surface area contributed by atoms with E-state index in [0.717, 1.165) is 5.92 Å². The lowest BCUT2D eigenvalue weighted by Crippen LogP contribution is -2.32. The molecule has 0 amide bonds. The summed E-state index contributed by atoms with van der Waals surface area (Å²) in [7, 11) is 0. The van der Waals surface area contributed by atoms with E-state index in [0.29, 0.717) is 12.6 Å². The Morgan fingerprint density at radius 2 is 2.36 bits per heavy atom. The molecule has 0 aromatic carbocycles. The average Bonchev–Trinajstić information content (AvgIpc) is 2.47. The van der Waals surface area contributed by atoms with Crippen LogP contribution in [0.5, 0.6) is 0 Å². The highest BCUT2D eigenvalue weighted by Gasteiger charge is 2.24. The van der Waals surface area contributed by atoms with Crippen LogP contribution in [-0.4, -0.2) is 12.6 Å². The molecule has 1 aliphatic rings. The summed E-state index contributed by atoms with van der Waals surface area (Å²) in [4.78, 5) is 0. The first-order chi connectivity index (χ1) is 5.38. The van der Waals surface area contributed by atoms with Crippen LogP contribution in [0, 0.1) is 17.2 Å². The van der Waals surface area contributed by atoms with Crippen molar-refractivity contribution in [2.24, 2.45) is 5.92 Å². The summed E-state index contributed by atoms with van der Waals surface area (Å²) >= 11 is 0. The second kappa shape index (κ2) is 4.35. The van der Waals surface area contributed by atoms with Gasteiger partial charge in [-0.3, -0.25) is 0 Å². The Labute approximate surface area is 68.6 Å². The molecule has 0 radical (unpaired) electrons. The monoisotopic (exact) mass is 152 g/mol. The Morgan fingerprint density at radius 1 is 1.55 bits per heavy atom. The van der Waals surface area contributed by atoms with Crippen molar-refractivity contribution in [3.05, 3.63) is 0 Å². The zero-order valence-electron chi connectivity index (χ0n) is 7.14. The largest absolute Gasteiger partial charge is 0.301 e. The van der Waals surface area contributed by atoms with Gasteiger partial charge in [-0.15, -0.1) is 0 Å². The van der Waals surface area contributed by atoms with Gasteiger partial charge in [-0.05, 0) is 18.8 Å². The van der Waals surface area contributed by atoms with Gasteiger partial charge in [-0.2, -0.15) is 5.26 Å². The third-order valence-electron chi connectivity index (χ3n) is 2.63. The lowest BCUT2D eigenvalue weighted by atomic mass is 10.0. The lowest BCUT2D eigenvalue weighted by molar-refractivity contribution is 0.405. The predicted molar refractivity (Wildman–Crippen MR) is 45.0 cm³/mol. The Hall–Kier alpha value is -0.550. The topological polar surface area (TPSA) is 35.8 Å². The van der Waals surface area contributed by atoms with Crippen LogP contribution >= 0.6 is 0 Å². The molecule has 0 unspecified atom stereocenters. The Morgan fingerprint density at radius 3 is 3.00 bits per heavy atom. The molecule has 1 aliphatic carbocycles. The fraction of sp³-hybridized carbons (Fsp3) is 0.889. The van der Waals surface area contributed by atoms with Crippen LogP contribution in [0.25, 0.3) is 0 Å². The van der Waals surface area contributed by atoms with Crippen LogP contribution in [0.1, 0.15) is 32.6 Å². The normalized spacial score (nSPS) is 30.2. The van der Waals surface area contributed by atoms with E-state index in [1.165, 1.54) is 25.7 Å². The smallest absolute Gasteiger partial charge is 0.0843 e. The van der Waals surface area contributed by atoms with Crippen LogP contribution in [-0.2, 0) is 0 Å². The highest BCUT2D eigenvalue weighted by molar-refractivity contribution is 4.85. The van der Waals surface area contributed by atoms with E-state index in [2.05, 4.69) is 18.3 Å². The second-order valence-corrected chi connectivity index (χ2v) is 3.24. The standard InChI is InChI=1S/C9H16N2/c1-2-8-4-3-5-9(8)11-7-6-10/h8-9,11H,2-5,7H2,1H3/t8-,9-/m1/s1. The summed E-state index contributed by atoms with van der Waals surface area (Å²) in [5, 5.41) is 11.6. The van der Waals surface area contributed by atoms with Crippen LogP contribution < -0.4 is 5.32 Å². The highest BCUT2D eigenvalue weighted by atomic mass is 14.9. The SMILES string of the molecule is CC[C@@H]1CCC[C@H]1NCC#N. The van der Waals surface area contributed by atoms with Crippen LogP contribution in [0.15, 0.2) is 0 Å². The first-order valence-corrected chi connectivity index (χ1v) is 4.48. The Bertz CT molecular complexity index is 148. The van der Waals surface area contributed by atoms with Crippen molar-refractivity contribution in [1.82, 2.24) is 5.32 Å². The van der Waals surface area contributed by atoms with Crippen LogP contribution in [0.4, 0.5) is 0 Å². The van der Waals surface area contributed by atoms with Gasteiger partial charge in [0.05, 0.1) is 12.6 Å². The molecule has 0 heterocycles. The van der Waals surface area contributed by atoms with E-state index < -0.39 is 0 Å². The molecule has 0 aliphatic heterocycles. The quantitative estimate of drug-likeness (QED) is 0.624. The summed E-state index contributed by atoms with van der Waals surface area (Å²) in [6.45, 7) is 2.75. The van der Waals surface area contributed by atoms with E-state index >= 15 is 0 Å². The van der Waals surface area contributed by atoms with E-state index in [9.17, 15) is 0 Å². The molecule has 62 valence electrons. The van der Waals surface area contributed by atoms with Gasteiger partial charge in [-0.25, -0.2) is 0 Å². The Balaban J connectivity index is 2.27. The molecular formula is C9H16N2. The zero-order valence-corrected chi connectivity index (χ0v) is 7.14. The molecule has 1 N–H and O–H groups in total. The molecule has 0 saturated heterocycles. The number of nitrogens with one attached hydrogen (secondary N) is 1. The Kier molecular flexibility index (Phi) is 3.38. The number of nitrogens with zero attached hydrogens (tertiary/aromatic N) is 1. The summed E-state index contributed by atoms with van der Waals surface area (Å²) in [6.07, 6.45) is 5.20. The van der Waals surface area contributed by atoms with Gasteiger partial charge >= 0.3 is 0 Å². The number of hydrogen-bond acceptors (Lipinski definition) is 2. The van der Waals surface area contributed by atoms with E-state index in [-0.39, 0.29) is 0 Å². The molecule has 1 fully saturated rings. The van der Waals surface area contributed by atoms with Crippen LogP contribution in [0.3, 0.4) is 0 Å². The molecule has 0 aromatic heterocycles. The summed E-state index contributed by atoms with van der Waals surface area (Å²) in [5.74, 6) is 0.823. The van der Waals surface area contributed by atoms with E-state index in [1.807, 2.05) is 0 Å². The summed E-state index contributed by atoms with van der Waals surface area (Å²) in [6, 6.07) is 2.75. The molecule has 2 heteroatoms. The maximum atomic E-state index is 8.37. The third-order valence-corrected chi connectivity index (χ3v) is 2.63. The molecule has 2 nitrogen and oxygen atoms in total. The summed E-state index contributed by atoms with van der Waals surface area (Å²) < 4.78 is 0. The molecule has 0 spiro atoms. The van der Waals surface area contributed by atoms with Crippen molar-refractivity contribution >= 4 is 0 Å². The first-order valence-electron chi connectivity index (χ1n) is 4.48. The predicted octanol–water partition coefficient (Wildman–Crippen LogP) is 1.68. The van der Waals surface area contributed by atoms with Crippen molar-refractivity contribution < 1.29 is 0 Å². The number of nitriles is 1. The number of hydrogen-bond donors (Lipinski definition) is 1. The van der Waals surface area contributed by atoms with Gasteiger partial charge in [0, 0.05) is 6.04 Å². The molecule has 0 aromatic rings. The zero-order chi connectivity index (χ0) is 8.10. The van der Waals surface area contributed by atoms with Crippen molar-refractivity contribution in [2.75, 3.05) is 6.54 Å². The van der Waals surface area contributed by atoms with Crippen molar-refractivity contribution in [3.63, 3.8) is 0 Å².